The number of aromatic amines is 1. The summed E-state index contributed by atoms with van der Waals surface area (Å²) in [5.74, 6) is -5.24. The number of amides is 3. The Labute approximate surface area is 236 Å². The van der Waals surface area contributed by atoms with Crippen molar-refractivity contribution >= 4 is 23.1 Å². The lowest BCUT2D eigenvalue weighted by molar-refractivity contribution is -0.162. The molecule has 0 unspecified atom stereocenters. The lowest BCUT2D eigenvalue weighted by Gasteiger charge is -2.34. The molecule has 0 radical (unpaired) electrons. The summed E-state index contributed by atoms with van der Waals surface area (Å²) < 4.78 is 139. The van der Waals surface area contributed by atoms with Gasteiger partial charge < -0.3 is 15.1 Å². The van der Waals surface area contributed by atoms with E-state index in [0.29, 0.717) is 4.57 Å². The zero-order valence-electron chi connectivity index (χ0n) is 28.4. The number of aromatic nitrogens is 3. The summed E-state index contributed by atoms with van der Waals surface area (Å²) in [5.41, 5.74) is -1.87. The van der Waals surface area contributed by atoms with Crippen LogP contribution in [0.5, 0.6) is 0 Å². The Morgan fingerprint density at radius 3 is 2.60 bits per heavy atom. The summed E-state index contributed by atoms with van der Waals surface area (Å²) in [5, 5.41) is 1.93. The summed E-state index contributed by atoms with van der Waals surface area (Å²) in [6.45, 7) is -10.2. The number of urea groups is 1. The highest BCUT2D eigenvalue weighted by Gasteiger charge is 2.40. The average Bonchev–Trinajstić information content (AvgIpc) is 3.20. The lowest BCUT2D eigenvalue weighted by atomic mass is 9.93. The second-order valence-electron chi connectivity index (χ2n) is 9.17. The average molecular weight is 575 g/mol. The molecule has 2 aromatic heterocycles. The lowest BCUT2D eigenvalue weighted by Crippen LogP contribution is -2.54. The number of imidazole rings is 1. The monoisotopic (exact) mass is 574 g/mol. The number of fused-ring (bicyclic) bond motifs is 1. The fraction of sp³-hybridized carbons (Fsp3) is 0.462. The van der Waals surface area contributed by atoms with Crippen molar-refractivity contribution in [3.05, 3.63) is 64.2 Å². The number of alkyl halides is 3. The van der Waals surface area contributed by atoms with E-state index in [4.69, 9.17) is 11.0 Å². The standard InChI is InChI=1S/C26H27F5N6O3/c27-18-4-1-3-17(21(18)28)15-6-7-19(23(38)36(13-15)14-26(29,30)31)33-24(39)35-11-8-16(9-12-35)37-20-5-2-10-32-22(20)34-25(37)40/h1-5,10,15-16,19H,6-9,11-14H2,(H,33,39)(H,32,34,40)/t15-,19-/m1/s1/i8D2,9D2,11D2,12D2. The highest BCUT2D eigenvalue weighted by atomic mass is 19.4. The first kappa shape index (κ1) is 19.2. The molecule has 2 saturated heterocycles. The Kier molecular flexibility index (Phi) is 5.22. The first-order chi connectivity index (χ1) is 22.0. The van der Waals surface area contributed by atoms with Crippen LogP contribution in [0.1, 0.15) is 54.1 Å². The van der Waals surface area contributed by atoms with Crippen molar-refractivity contribution in [1.29, 1.82) is 0 Å². The molecule has 214 valence electrons. The Balaban J connectivity index is 1.52. The minimum Gasteiger partial charge on any atom is -0.331 e. The van der Waals surface area contributed by atoms with E-state index < -0.39 is 104 Å². The molecule has 5 rings (SSSR count). The number of carbonyl (C=O) groups is 2. The number of hydrogen-bond donors (Lipinski definition) is 2. The van der Waals surface area contributed by atoms with Crippen molar-refractivity contribution in [2.75, 3.05) is 26.1 Å². The summed E-state index contributed by atoms with van der Waals surface area (Å²) in [6.07, 6.45) is -11.8. The van der Waals surface area contributed by atoms with E-state index >= 15 is 0 Å². The quantitative estimate of drug-likeness (QED) is 0.464. The van der Waals surface area contributed by atoms with Crippen LogP contribution in [-0.4, -0.2) is 74.6 Å². The van der Waals surface area contributed by atoms with Crippen molar-refractivity contribution in [2.45, 2.75) is 49.8 Å². The van der Waals surface area contributed by atoms with Crippen LogP contribution in [0, 0.1) is 11.6 Å². The van der Waals surface area contributed by atoms with Gasteiger partial charge in [0.05, 0.1) is 5.52 Å². The molecule has 14 heteroatoms. The summed E-state index contributed by atoms with van der Waals surface area (Å²) in [7, 11) is 0. The number of benzene rings is 1. The molecule has 0 spiro atoms. The van der Waals surface area contributed by atoms with Gasteiger partial charge in [-0.05, 0) is 49.4 Å². The SMILES string of the molecule is [2H]C1([2H])C(n2c(=O)[nH]c3ncccc32)C([2H])([2H])C([2H])([2H])N(C(=O)N[C@@H]2CC[C@@H](c3cccc(F)c3F)CN(CC(F)(F)F)C2=O)C1([2H])[2H]. The first-order valence-electron chi connectivity index (χ1n) is 16.0. The maximum absolute atomic E-state index is 14.6. The van der Waals surface area contributed by atoms with Crippen LogP contribution in [0.2, 0.25) is 0 Å². The molecule has 3 aromatic rings. The number of halogens is 5. The molecule has 0 aliphatic carbocycles. The van der Waals surface area contributed by atoms with Gasteiger partial charge in [-0.2, -0.15) is 13.2 Å². The Morgan fingerprint density at radius 1 is 1.12 bits per heavy atom. The van der Waals surface area contributed by atoms with Gasteiger partial charge >= 0.3 is 17.9 Å². The van der Waals surface area contributed by atoms with E-state index in [-0.39, 0.29) is 28.0 Å². The molecule has 2 atom stereocenters. The third kappa shape index (κ3) is 5.65. The van der Waals surface area contributed by atoms with E-state index in [1.54, 1.807) is 0 Å². The Morgan fingerprint density at radius 2 is 1.88 bits per heavy atom. The van der Waals surface area contributed by atoms with Gasteiger partial charge in [-0.25, -0.2) is 23.4 Å². The van der Waals surface area contributed by atoms with E-state index in [1.807, 2.05) is 5.32 Å². The summed E-state index contributed by atoms with van der Waals surface area (Å²) in [4.78, 5) is 45.8. The maximum Gasteiger partial charge on any atom is 0.406 e. The second kappa shape index (κ2) is 10.9. The fourth-order valence-electron chi connectivity index (χ4n) is 4.72. The maximum atomic E-state index is 14.6. The smallest absolute Gasteiger partial charge is 0.331 e. The number of nitrogens with zero attached hydrogens (tertiary/aromatic N) is 4. The zero-order chi connectivity index (χ0) is 35.8. The zero-order valence-corrected chi connectivity index (χ0v) is 20.4. The van der Waals surface area contributed by atoms with Gasteiger partial charge in [-0.15, -0.1) is 0 Å². The normalized spacial score (nSPS) is 29.1. The van der Waals surface area contributed by atoms with Crippen LogP contribution in [-0.2, 0) is 4.79 Å². The molecule has 3 amide bonds. The van der Waals surface area contributed by atoms with Crippen LogP contribution in [0.3, 0.4) is 0 Å². The third-order valence-electron chi connectivity index (χ3n) is 6.52. The number of likely N-dealkylation sites (tertiary alicyclic amines) is 2. The minimum absolute atomic E-state index is 0.151. The van der Waals surface area contributed by atoms with Crippen molar-refractivity contribution < 1.29 is 42.5 Å². The van der Waals surface area contributed by atoms with Crippen LogP contribution in [0.4, 0.5) is 26.7 Å². The number of H-pyrrole nitrogens is 1. The molecule has 2 fully saturated rings. The van der Waals surface area contributed by atoms with E-state index in [1.165, 1.54) is 18.3 Å². The van der Waals surface area contributed by atoms with Crippen LogP contribution >= 0.6 is 0 Å². The van der Waals surface area contributed by atoms with E-state index in [0.717, 1.165) is 18.2 Å². The Hall–Kier alpha value is -3.97. The number of rotatable bonds is 4. The predicted octanol–water partition coefficient (Wildman–Crippen LogP) is 3.69. The second-order valence-corrected chi connectivity index (χ2v) is 9.17. The highest BCUT2D eigenvalue weighted by molar-refractivity contribution is 5.87. The summed E-state index contributed by atoms with van der Waals surface area (Å²) in [6, 6.07) is -0.852. The number of piperidine rings is 1. The van der Waals surface area contributed by atoms with Gasteiger partial charge in [0.1, 0.15) is 12.6 Å². The Bertz CT molecular complexity index is 1790. The summed E-state index contributed by atoms with van der Waals surface area (Å²) >= 11 is 0. The predicted molar refractivity (Wildman–Crippen MR) is 133 cm³/mol. The first-order valence-corrected chi connectivity index (χ1v) is 12.0. The van der Waals surface area contributed by atoms with E-state index in [2.05, 4.69) is 9.97 Å². The molecular weight excluding hydrogens is 539 g/mol. The number of pyridine rings is 1. The van der Waals surface area contributed by atoms with E-state index in [9.17, 15) is 36.3 Å². The molecule has 2 N–H and O–H groups in total. The van der Waals surface area contributed by atoms with Crippen LogP contribution < -0.4 is 11.0 Å². The van der Waals surface area contributed by atoms with Gasteiger partial charge in [-0.1, -0.05) is 12.1 Å². The topological polar surface area (TPSA) is 103 Å². The largest absolute Gasteiger partial charge is 0.406 e. The van der Waals surface area contributed by atoms with Gasteiger partial charge in [0, 0.05) is 48.7 Å². The molecule has 0 bridgehead atoms. The third-order valence-corrected chi connectivity index (χ3v) is 6.52. The molecule has 0 saturated carbocycles. The van der Waals surface area contributed by atoms with Gasteiger partial charge in [-0.3, -0.25) is 14.3 Å². The van der Waals surface area contributed by atoms with Gasteiger partial charge in [0.15, 0.2) is 17.3 Å². The van der Waals surface area contributed by atoms with Crippen LogP contribution in [0.15, 0.2) is 41.3 Å². The van der Waals surface area contributed by atoms with Gasteiger partial charge in [0.25, 0.3) is 0 Å². The molecule has 40 heavy (non-hydrogen) atoms. The number of carbonyl (C=O) groups excluding carboxylic acids is 2. The molecular formula is C26H27F5N6O3. The number of nitrogens with one attached hydrogen (secondary N) is 2. The molecule has 1 aromatic carbocycles. The van der Waals surface area contributed by atoms with Crippen molar-refractivity contribution in [1.82, 2.24) is 29.7 Å². The molecule has 4 heterocycles. The fourth-order valence-corrected chi connectivity index (χ4v) is 4.72. The van der Waals surface area contributed by atoms with Crippen LogP contribution in [0.25, 0.3) is 11.2 Å². The molecule has 2 aliphatic heterocycles. The highest BCUT2D eigenvalue weighted by Crippen LogP contribution is 2.32. The number of hydrogen-bond acceptors (Lipinski definition) is 4. The molecule has 2 aliphatic rings. The van der Waals surface area contributed by atoms with Crippen molar-refractivity contribution in [2.24, 2.45) is 0 Å². The van der Waals surface area contributed by atoms with Crippen molar-refractivity contribution in [3.63, 3.8) is 0 Å². The van der Waals surface area contributed by atoms with Gasteiger partial charge in [0.2, 0.25) is 5.91 Å². The molecule has 9 nitrogen and oxygen atoms in total. The minimum atomic E-state index is -4.99. The van der Waals surface area contributed by atoms with Crippen molar-refractivity contribution in [3.8, 4) is 0 Å².